The smallest absolute Gasteiger partial charge is 0.00288 e. The van der Waals surface area contributed by atoms with Crippen LogP contribution in [0.2, 0.25) is 0 Å². The Labute approximate surface area is 73.6 Å². The lowest BCUT2D eigenvalue weighted by molar-refractivity contribution is 0.595. The summed E-state index contributed by atoms with van der Waals surface area (Å²) in [4.78, 5) is 0. The average Bonchev–Trinajstić information content (AvgIpc) is 1.93. The van der Waals surface area contributed by atoms with Crippen molar-refractivity contribution < 1.29 is 0 Å². The van der Waals surface area contributed by atoms with E-state index in [0.29, 0.717) is 0 Å². The van der Waals surface area contributed by atoms with E-state index >= 15 is 0 Å². The summed E-state index contributed by atoms with van der Waals surface area (Å²) in [6, 6.07) is 0. The molecule has 0 heterocycles. The molecule has 11 heavy (non-hydrogen) atoms. The summed E-state index contributed by atoms with van der Waals surface area (Å²) in [6.45, 7) is 13.8. The van der Waals surface area contributed by atoms with Gasteiger partial charge in [0.25, 0.3) is 0 Å². The maximum Gasteiger partial charge on any atom is -0.00288 e. The van der Waals surface area contributed by atoms with Gasteiger partial charge in [-0.1, -0.05) is 48.0 Å². The number of hydrogen-bond acceptors (Lipinski definition) is 1. The Morgan fingerprint density at radius 2 is 1.36 bits per heavy atom. The molecule has 72 valence electrons. The molecular formula is C10H27N. The molecule has 0 aromatic carbocycles. The minimum absolute atomic E-state index is 0.787. The first-order chi connectivity index (χ1) is 5.18. The van der Waals surface area contributed by atoms with Gasteiger partial charge in [-0.3, -0.25) is 0 Å². The zero-order chi connectivity index (χ0) is 9.70. The van der Waals surface area contributed by atoms with Gasteiger partial charge in [-0.25, -0.2) is 0 Å². The average molecular weight is 161 g/mol. The topological polar surface area (TPSA) is 12.0 Å². The van der Waals surface area contributed by atoms with Crippen LogP contribution >= 0.6 is 0 Å². The third-order valence-electron chi connectivity index (χ3n) is 0.612. The standard InChI is InChI=1S/C5H13N.C3H8.C2H6/c1-5(2)4-6-3;1-3-2;1-2/h5-6H,4H2,1-3H3;3H2,1-2H3;1-2H3. The van der Waals surface area contributed by atoms with Crippen LogP contribution in [0, 0.1) is 5.92 Å². The van der Waals surface area contributed by atoms with E-state index in [1.807, 2.05) is 20.9 Å². The van der Waals surface area contributed by atoms with Crippen LogP contribution in [0.4, 0.5) is 0 Å². The number of hydrogen-bond donors (Lipinski definition) is 1. The van der Waals surface area contributed by atoms with Gasteiger partial charge in [0, 0.05) is 0 Å². The molecule has 0 aliphatic carbocycles. The third-order valence-corrected chi connectivity index (χ3v) is 0.612. The van der Waals surface area contributed by atoms with Crippen LogP contribution in [-0.2, 0) is 0 Å². The molecule has 0 amide bonds. The number of nitrogens with one attached hydrogen (secondary N) is 1. The van der Waals surface area contributed by atoms with Gasteiger partial charge >= 0.3 is 0 Å². The third kappa shape index (κ3) is 72.0. The van der Waals surface area contributed by atoms with Crippen LogP contribution in [0.5, 0.6) is 0 Å². The summed E-state index contributed by atoms with van der Waals surface area (Å²) in [7, 11) is 1.97. The van der Waals surface area contributed by atoms with E-state index in [2.05, 4.69) is 33.0 Å². The van der Waals surface area contributed by atoms with E-state index in [1.54, 1.807) is 0 Å². The van der Waals surface area contributed by atoms with Crippen LogP contribution in [0.3, 0.4) is 0 Å². The second kappa shape index (κ2) is 22.5. The van der Waals surface area contributed by atoms with E-state index in [0.717, 1.165) is 12.5 Å². The van der Waals surface area contributed by atoms with E-state index < -0.39 is 0 Å². The zero-order valence-corrected chi connectivity index (χ0v) is 9.49. The fraction of sp³-hybridized carbons (Fsp3) is 1.00. The summed E-state index contributed by atoms with van der Waals surface area (Å²) < 4.78 is 0. The normalized spacial score (nSPS) is 7.64. The Bertz CT molecular complexity index is 33.9. The van der Waals surface area contributed by atoms with Crippen LogP contribution in [0.1, 0.15) is 48.0 Å². The molecule has 0 aliphatic rings. The first-order valence-corrected chi connectivity index (χ1v) is 4.83. The molecule has 0 saturated heterocycles. The summed E-state index contributed by atoms with van der Waals surface area (Å²) in [6.07, 6.45) is 1.25. The summed E-state index contributed by atoms with van der Waals surface area (Å²) in [5.74, 6) is 0.787. The van der Waals surface area contributed by atoms with Crippen LogP contribution < -0.4 is 5.32 Å². The van der Waals surface area contributed by atoms with Gasteiger partial charge in [0.1, 0.15) is 0 Å². The molecule has 1 N–H and O–H groups in total. The first-order valence-electron chi connectivity index (χ1n) is 4.83. The molecule has 0 radical (unpaired) electrons. The Morgan fingerprint density at radius 1 is 1.09 bits per heavy atom. The molecule has 1 nitrogen and oxygen atoms in total. The van der Waals surface area contributed by atoms with Gasteiger partial charge in [0.2, 0.25) is 0 Å². The van der Waals surface area contributed by atoms with Crippen molar-refractivity contribution in [3.8, 4) is 0 Å². The maximum atomic E-state index is 3.07. The molecule has 0 atom stereocenters. The van der Waals surface area contributed by atoms with Crippen LogP contribution in [-0.4, -0.2) is 13.6 Å². The highest BCUT2D eigenvalue weighted by Crippen LogP contribution is 1.83. The lowest BCUT2D eigenvalue weighted by Crippen LogP contribution is -2.12. The Balaban J connectivity index is -0.000000109. The van der Waals surface area contributed by atoms with E-state index in [-0.39, 0.29) is 0 Å². The molecule has 0 aromatic heterocycles. The second-order valence-corrected chi connectivity index (χ2v) is 2.66. The molecule has 0 aliphatic heterocycles. The maximum absolute atomic E-state index is 3.07. The van der Waals surface area contributed by atoms with Crippen molar-refractivity contribution in [2.45, 2.75) is 48.0 Å². The lowest BCUT2D eigenvalue weighted by atomic mass is 10.2. The first kappa shape index (κ1) is 17.2. The van der Waals surface area contributed by atoms with E-state index in [4.69, 9.17) is 0 Å². The van der Waals surface area contributed by atoms with E-state index in [9.17, 15) is 0 Å². The van der Waals surface area contributed by atoms with Crippen molar-refractivity contribution in [2.75, 3.05) is 13.6 Å². The van der Waals surface area contributed by atoms with Crippen molar-refractivity contribution in [2.24, 2.45) is 5.92 Å². The molecule has 0 spiro atoms. The van der Waals surface area contributed by atoms with Gasteiger partial charge in [0.05, 0.1) is 0 Å². The fourth-order valence-electron chi connectivity index (χ4n) is 0.408. The fourth-order valence-corrected chi connectivity index (χ4v) is 0.408. The number of rotatable bonds is 2. The Morgan fingerprint density at radius 3 is 1.36 bits per heavy atom. The molecule has 0 aromatic rings. The molecule has 0 saturated carbocycles. The molecule has 0 bridgehead atoms. The molecule has 0 unspecified atom stereocenters. The SMILES string of the molecule is CC.CCC.CNCC(C)C. The van der Waals surface area contributed by atoms with Crippen molar-refractivity contribution in [3.05, 3.63) is 0 Å². The molecule has 0 rings (SSSR count). The van der Waals surface area contributed by atoms with E-state index in [1.165, 1.54) is 6.42 Å². The van der Waals surface area contributed by atoms with Gasteiger partial charge in [-0.15, -0.1) is 0 Å². The van der Waals surface area contributed by atoms with Crippen molar-refractivity contribution in [1.82, 2.24) is 5.32 Å². The van der Waals surface area contributed by atoms with Gasteiger partial charge in [-0.05, 0) is 19.5 Å². The molecule has 1 heteroatoms. The molecule has 0 fully saturated rings. The van der Waals surface area contributed by atoms with Crippen molar-refractivity contribution >= 4 is 0 Å². The predicted octanol–water partition coefficient (Wildman–Crippen LogP) is 3.30. The Kier molecular flexibility index (Phi) is 35.1. The monoisotopic (exact) mass is 161 g/mol. The van der Waals surface area contributed by atoms with Gasteiger partial charge < -0.3 is 5.32 Å². The largest absolute Gasteiger partial charge is 0.319 e. The summed E-state index contributed by atoms with van der Waals surface area (Å²) >= 11 is 0. The highest BCUT2D eigenvalue weighted by molar-refractivity contribution is 4.42. The van der Waals surface area contributed by atoms with Crippen molar-refractivity contribution in [3.63, 3.8) is 0 Å². The van der Waals surface area contributed by atoms with Crippen molar-refractivity contribution in [1.29, 1.82) is 0 Å². The summed E-state index contributed by atoms with van der Waals surface area (Å²) in [5, 5.41) is 3.07. The van der Waals surface area contributed by atoms with Gasteiger partial charge in [-0.2, -0.15) is 0 Å². The minimum Gasteiger partial charge on any atom is -0.319 e. The molecular weight excluding hydrogens is 134 g/mol. The van der Waals surface area contributed by atoms with Crippen LogP contribution in [0.25, 0.3) is 0 Å². The predicted molar refractivity (Wildman–Crippen MR) is 56.1 cm³/mol. The van der Waals surface area contributed by atoms with Gasteiger partial charge in [0.15, 0.2) is 0 Å². The highest BCUT2D eigenvalue weighted by atomic mass is 14.8. The van der Waals surface area contributed by atoms with Crippen LogP contribution in [0.15, 0.2) is 0 Å². The Hall–Kier alpha value is -0.0400. The zero-order valence-electron chi connectivity index (χ0n) is 9.49. The minimum atomic E-state index is 0.787. The second-order valence-electron chi connectivity index (χ2n) is 2.66. The lowest BCUT2D eigenvalue weighted by Gasteiger charge is -1.98. The summed E-state index contributed by atoms with van der Waals surface area (Å²) in [5.41, 5.74) is 0. The highest BCUT2D eigenvalue weighted by Gasteiger charge is 1.84. The quantitative estimate of drug-likeness (QED) is 0.655.